The molecule has 0 saturated heterocycles. The lowest BCUT2D eigenvalue weighted by atomic mass is 9.64. The Kier molecular flexibility index (Phi) is 3.11. The van der Waals surface area contributed by atoms with E-state index in [9.17, 15) is 14.9 Å². The van der Waals surface area contributed by atoms with Crippen LogP contribution in [0.25, 0.3) is 6.08 Å². The third-order valence-electron chi connectivity index (χ3n) is 5.47. The number of nitrogens with zero attached hydrogens (tertiary/aromatic N) is 2. The largest absolute Gasteiger partial charge is 0.339 e. The molecular formula is C18H18N2O3. The third-order valence-corrected chi connectivity index (χ3v) is 5.47. The van der Waals surface area contributed by atoms with Crippen molar-refractivity contribution in [1.82, 2.24) is 0 Å². The highest BCUT2D eigenvalue weighted by Gasteiger charge is 2.49. The van der Waals surface area contributed by atoms with Gasteiger partial charge in [0.25, 0.3) is 5.69 Å². The minimum atomic E-state index is -0.369. The molecule has 1 aromatic carbocycles. The van der Waals surface area contributed by atoms with Gasteiger partial charge in [0.15, 0.2) is 5.78 Å². The van der Waals surface area contributed by atoms with Gasteiger partial charge in [0, 0.05) is 12.3 Å². The molecule has 5 nitrogen and oxygen atoms in total. The first-order valence-electron chi connectivity index (χ1n) is 8.10. The SMILES string of the molecule is O=C1C=CN2c3cccc([N+](=O)[O-])c3C=C[C@@H]2C12CCCCC2. The number of benzene rings is 1. The highest BCUT2D eigenvalue weighted by Crippen LogP contribution is 2.49. The molecule has 0 amide bonds. The van der Waals surface area contributed by atoms with Gasteiger partial charge in [-0.1, -0.05) is 31.4 Å². The van der Waals surface area contributed by atoms with E-state index >= 15 is 0 Å². The molecule has 0 N–H and O–H groups in total. The Hall–Kier alpha value is -2.43. The first kappa shape index (κ1) is 14.2. The van der Waals surface area contributed by atoms with Gasteiger partial charge in [-0.2, -0.15) is 0 Å². The van der Waals surface area contributed by atoms with E-state index in [0.717, 1.165) is 31.4 Å². The van der Waals surface area contributed by atoms with Crippen LogP contribution in [0.15, 0.2) is 36.6 Å². The van der Waals surface area contributed by atoms with Crippen molar-refractivity contribution in [2.24, 2.45) is 5.41 Å². The number of hydrogen-bond donors (Lipinski definition) is 0. The first-order valence-corrected chi connectivity index (χ1v) is 8.10. The van der Waals surface area contributed by atoms with Crippen molar-refractivity contribution in [3.05, 3.63) is 52.2 Å². The number of nitro groups is 1. The number of carbonyl (C=O) groups excluding carboxylic acids is 1. The van der Waals surface area contributed by atoms with Crippen molar-refractivity contribution >= 4 is 23.2 Å². The molecule has 0 unspecified atom stereocenters. The molecule has 2 aliphatic heterocycles. The summed E-state index contributed by atoms with van der Waals surface area (Å²) < 4.78 is 0. The zero-order valence-electron chi connectivity index (χ0n) is 12.8. The number of rotatable bonds is 1. The Morgan fingerprint density at radius 1 is 1.17 bits per heavy atom. The normalized spacial score (nSPS) is 24.4. The van der Waals surface area contributed by atoms with Crippen LogP contribution in [0, 0.1) is 15.5 Å². The molecule has 118 valence electrons. The van der Waals surface area contributed by atoms with Gasteiger partial charge in [-0.3, -0.25) is 14.9 Å². The van der Waals surface area contributed by atoms with E-state index < -0.39 is 0 Å². The van der Waals surface area contributed by atoms with Crippen LogP contribution in [0.4, 0.5) is 11.4 Å². The lowest BCUT2D eigenvalue weighted by molar-refractivity contribution is -0.385. The highest BCUT2D eigenvalue weighted by atomic mass is 16.6. The number of nitro benzene ring substituents is 1. The molecule has 3 aliphatic rings. The van der Waals surface area contributed by atoms with Crippen molar-refractivity contribution in [3.8, 4) is 0 Å². The number of hydrogen-bond acceptors (Lipinski definition) is 4. The van der Waals surface area contributed by atoms with Crippen LogP contribution in [0.3, 0.4) is 0 Å². The summed E-state index contributed by atoms with van der Waals surface area (Å²) in [6, 6.07) is 5.11. The second-order valence-corrected chi connectivity index (χ2v) is 6.58. The topological polar surface area (TPSA) is 63.5 Å². The highest BCUT2D eigenvalue weighted by molar-refractivity contribution is 5.99. The summed E-state index contributed by atoms with van der Waals surface area (Å²) in [5.74, 6) is 0.206. The van der Waals surface area contributed by atoms with Gasteiger partial charge in [0.2, 0.25) is 0 Å². The molecule has 0 aromatic heterocycles. The maximum atomic E-state index is 12.7. The number of carbonyl (C=O) groups is 1. The van der Waals surface area contributed by atoms with Crippen molar-refractivity contribution in [2.45, 2.75) is 38.1 Å². The predicted molar refractivity (Wildman–Crippen MR) is 88.1 cm³/mol. The summed E-state index contributed by atoms with van der Waals surface area (Å²) in [5, 5.41) is 11.3. The van der Waals surface area contributed by atoms with E-state index in [0.29, 0.717) is 5.56 Å². The fraction of sp³-hybridized carbons (Fsp3) is 0.389. The van der Waals surface area contributed by atoms with Gasteiger partial charge in [0.05, 0.1) is 27.6 Å². The maximum absolute atomic E-state index is 12.7. The average molecular weight is 310 g/mol. The second kappa shape index (κ2) is 5.05. The molecule has 0 radical (unpaired) electrons. The van der Waals surface area contributed by atoms with Crippen LogP contribution in [0.2, 0.25) is 0 Å². The Balaban J connectivity index is 1.85. The molecular weight excluding hydrogens is 292 g/mol. The van der Waals surface area contributed by atoms with E-state index in [-0.39, 0.29) is 27.9 Å². The molecule has 1 atom stereocenters. The van der Waals surface area contributed by atoms with Crippen LogP contribution in [0.5, 0.6) is 0 Å². The Labute approximate surface area is 134 Å². The first-order chi connectivity index (χ1) is 11.1. The maximum Gasteiger partial charge on any atom is 0.278 e. The van der Waals surface area contributed by atoms with Crippen LogP contribution >= 0.6 is 0 Å². The van der Waals surface area contributed by atoms with Crippen LogP contribution < -0.4 is 4.90 Å². The fourth-order valence-corrected chi connectivity index (χ4v) is 4.33. The van der Waals surface area contributed by atoms with Gasteiger partial charge < -0.3 is 4.90 Å². The molecule has 4 rings (SSSR count). The minimum Gasteiger partial charge on any atom is -0.339 e. The zero-order valence-corrected chi connectivity index (χ0v) is 12.8. The molecule has 1 spiro atoms. The number of fused-ring (bicyclic) bond motifs is 4. The van der Waals surface area contributed by atoms with Crippen molar-refractivity contribution in [1.29, 1.82) is 0 Å². The number of ketones is 1. The molecule has 5 heteroatoms. The fourth-order valence-electron chi connectivity index (χ4n) is 4.33. The third kappa shape index (κ3) is 1.96. The quantitative estimate of drug-likeness (QED) is 0.584. The Morgan fingerprint density at radius 2 is 1.96 bits per heavy atom. The van der Waals surface area contributed by atoms with Crippen molar-refractivity contribution < 1.29 is 9.72 Å². The lowest BCUT2D eigenvalue weighted by Gasteiger charge is -2.49. The van der Waals surface area contributed by atoms with E-state index in [2.05, 4.69) is 4.90 Å². The van der Waals surface area contributed by atoms with E-state index in [4.69, 9.17) is 0 Å². The molecule has 1 aliphatic carbocycles. The molecule has 1 fully saturated rings. The molecule has 1 saturated carbocycles. The van der Waals surface area contributed by atoms with E-state index in [1.54, 1.807) is 18.3 Å². The second-order valence-electron chi connectivity index (χ2n) is 6.58. The van der Waals surface area contributed by atoms with Crippen molar-refractivity contribution in [2.75, 3.05) is 4.90 Å². The van der Waals surface area contributed by atoms with Crippen molar-refractivity contribution in [3.63, 3.8) is 0 Å². The Morgan fingerprint density at radius 3 is 2.70 bits per heavy atom. The molecule has 2 heterocycles. The summed E-state index contributed by atoms with van der Waals surface area (Å²) in [6.07, 6.45) is 12.4. The summed E-state index contributed by atoms with van der Waals surface area (Å²) >= 11 is 0. The van der Waals surface area contributed by atoms with Gasteiger partial charge in [-0.15, -0.1) is 0 Å². The molecule has 1 aromatic rings. The standard InChI is InChI=1S/C18H18N2O3/c21-17-9-12-19-14-5-4-6-15(20(22)23)13(14)7-8-16(19)18(17)10-2-1-3-11-18/h4-9,12,16H,1-3,10-11H2/t16-/m1/s1. The molecule has 23 heavy (non-hydrogen) atoms. The average Bonchev–Trinajstić information content (AvgIpc) is 2.58. The van der Waals surface area contributed by atoms with E-state index in [1.165, 1.54) is 12.5 Å². The van der Waals surface area contributed by atoms with Crippen LogP contribution in [0.1, 0.15) is 37.7 Å². The van der Waals surface area contributed by atoms with E-state index in [1.807, 2.05) is 18.2 Å². The molecule has 0 bridgehead atoms. The van der Waals surface area contributed by atoms with Gasteiger partial charge in [-0.25, -0.2) is 0 Å². The summed E-state index contributed by atoms with van der Waals surface area (Å²) in [4.78, 5) is 25.6. The minimum absolute atomic E-state index is 0.0326. The number of allylic oxidation sites excluding steroid dienone is 1. The predicted octanol–water partition coefficient (Wildman–Crippen LogP) is 3.84. The number of anilines is 1. The van der Waals surface area contributed by atoms with Crippen LogP contribution in [-0.4, -0.2) is 16.7 Å². The van der Waals surface area contributed by atoms with Gasteiger partial charge in [-0.05, 0) is 31.1 Å². The van der Waals surface area contributed by atoms with Gasteiger partial charge in [0.1, 0.15) is 0 Å². The summed E-state index contributed by atoms with van der Waals surface area (Å²) in [6.45, 7) is 0. The monoisotopic (exact) mass is 310 g/mol. The lowest BCUT2D eigenvalue weighted by Crippen LogP contribution is -2.53. The summed E-state index contributed by atoms with van der Waals surface area (Å²) in [7, 11) is 0. The smallest absolute Gasteiger partial charge is 0.278 e. The van der Waals surface area contributed by atoms with Crippen LogP contribution in [-0.2, 0) is 4.79 Å². The summed E-state index contributed by atoms with van der Waals surface area (Å²) in [5.41, 5.74) is 1.19. The zero-order chi connectivity index (χ0) is 16.0. The Bertz CT molecular complexity index is 745. The van der Waals surface area contributed by atoms with Gasteiger partial charge >= 0.3 is 0 Å².